The maximum atomic E-state index is 14.9. The van der Waals surface area contributed by atoms with Crippen LogP contribution in [0.4, 0.5) is 37.6 Å². The number of anilines is 5. The largest absolute Gasteiger partial charge is 0.495 e. The Labute approximate surface area is 254 Å². The Balaban J connectivity index is 1.17. The number of aromatic nitrogens is 3. The third kappa shape index (κ3) is 5.95. The molecule has 0 unspecified atom stereocenters. The third-order valence-electron chi connectivity index (χ3n) is 8.70. The smallest absolute Gasteiger partial charge is 0.342 e. The zero-order valence-electron chi connectivity index (χ0n) is 24.8. The van der Waals surface area contributed by atoms with Crippen LogP contribution in [0.25, 0.3) is 0 Å². The fourth-order valence-corrected chi connectivity index (χ4v) is 6.27. The zero-order chi connectivity index (χ0) is 30.8. The molecule has 6 rings (SSSR count). The van der Waals surface area contributed by atoms with E-state index in [1.54, 1.807) is 35.5 Å². The van der Waals surface area contributed by atoms with Gasteiger partial charge < -0.3 is 30.1 Å². The maximum absolute atomic E-state index is 14.9. The number of halogens is 2. The van der Waals surface area contributed by atoms with Gasteiger partial charge in [0.2, 0.25) is 5.95 Å². The standard InChI is InChI=1S/C31H36F2N8O3/c1-39-25-18-35-30(38-27(25)41(23-5-3-4-6-23)19-31(32,33)29(39)43)37-24-8-7-20(17-26(24)44-2)28(42)36-21-11-15-40(16-12-21)22-9-13-34-14-10-22/h7-10,13-14,17-18,21,23H,3-6,11-12,15-16,19H2,1-2H3,(H,36,42)(H,35,37,38). The summed E-state index contributed by atoms with van der Waals surface area (Å²) in [5.74, 6) is -4.18. The van der Waals surface area contributed by atoms with Gasteiger partial charge in [0.25, 0.3) is 11.8 Å². The highest BCUT2D eigenvalue weighted by molar-refractivity contribution is 6.02. The van der Waals surface area contributed by atoms with Crippen LogP contribution in [-0.4, -0.2) is 78.6 Å². The number of carbonyl (C=O) groups is 2. The lowest BCUT2D eigenvalue weighted by atomic mass is 10.0. The van der Waals surface area contributed by atoms with Crippen LogP contribution in [0.3, 0.4) is 0 Å². The number of hydrogen-bond donors (Lipinski definition) is 2. The number of amides is 2. The number of nitrogens with one attached hydrogen (secondary N) is 2. The molecule has 3 aliphatic rings. The molecule has 1 aromatic carbocycles. The normalized spacial score (nSPS) is 19.0. The number of hydrogen-bond acceptors (Lipinski definition) is 9. The molecule has 1 saturated carbocycles. The average Bonchev–Trinajstić information content (AvgIpc) is 3.57. The number of rotatable bonds is 7. The molecule has 0 bridgehead atoms. The number of benzene rings is 1. The Morgan fingerprint density at radius 2 is 1.80 bits per heavy atom. The molecular formula is C31H36F2N8O3. The summed E-state index contributed by atoms with van der Waals surface area (Å²) in [6.45, 7) is 0.934. The number of ether oxygens (including phenoxy) is 1. The molecule has 11 nitrogen and oxygen atoms in total. The number of alkyl halides is 2. The van der Waals surface area contributed by atoms with E-state index in [9.17, 15) is 18.4 Å². The first kappa shape index (κ1) is 29.5. The predicted molar refractivity (Wildman–Crippen MR) is 163 cm³/mol. The van der Waals surface area contributed by atoms with Gasteiger partial charge in [0.15, 0.2) is 5.82 Å². The van der Waals surface area contributed by atoms with Gasteiger partial charge in [-0.3, -0.25) is 14.6 Å². The van der Waals surface area contributed by atoms with Gasteiger partial charge in [0, 0.05) is 55.9 Å². The van der Waals surface area contributed by atoms with Crippen LogP contribution < -0.4 is 30.1 Å². The molecule has 0 radical (unpaired) electrons. The number of pyridine rings is 1. The van der Waals surface area contributed by atoms with Crippen molar-refractivity contribution in [2.24, 2.45) is 0 Å². The first-order chi connectivity index (χ1) is 21.2. The Hall–Kier alpha value is -4.55. The first-order valence-corrected chi connectivity index (χ1v) is 14.9. The van der Waals surface area contributed by atoms with Crippen molar-refractivity contribution in [2.45, 2.75) is 56.5 Å². The monoisotopic (exact) mass is 606 g/mol. The summed E-state index contributed by atoms with van der Waals surface area (Å²) < 4.78 is 35.4. The minimum Gasteiger partial charge on any atom is -0.495 e. The van der Waals surface area contributed by atoms with Crippen molar-refractivity contribution in [3.63, 3.8) is 0 Å². The van der Waals surface area contributed by atoms with E-state index in [-0.39, 0.29) is 35.4 Å². The van der Waals surface area contributed by atoms with Crippen molar-refractivity contribution >= 4 is 40.6 Å². The number of nitrogens with zero attached hydrogens (tertiary/aromatic N) is 6. The second-order valence-corrected chi connectivity index (χ2v) is 11.5. The summed E-state index contributed by atoms with van der Waals surface area (Å²) in [7, 11) is 2.82. The van der Waals surface area contributed by atoms with E-state index in [1.165, 1.54) is 20.4 Å². The zero-order valence-corrected chi connectivity index (χ0v) is 24.8. The molecule has 1 saturated heterocycles. The molecule has 2 fully saturated rings. The van der Waals surface area contributed by atoms with E-state index >= 15 is 0 Å². The van der Waals surface area contributed by atoms with Crippen LogP contribution in [0.15, 0.2) is 48.9 Å². The van der Waals surface area contributed by atoms with Crippen molar-refractivity contribution in [1.29, 1.82) is 0 Å². The Morgan fingerprint density at radius 1 is 1.07 bits per heavy atom. The van der Waals surface area contributed by atoms with Gasteiger partial charge >= 0.3 is 5.92 Å². The topological polar surface area (TPSA) is 116 Å². The minimum atomic E-state index is -3.55. The SMILES string of the molecule is COc1cc(C(=O)NC2CCN(c3ccncc3)CC2)ccc1Nc1ncc2c(n1)N(C1CCCC1)CC(F)(F)C(=O)N2C. The summed E-state index contributed by atoms with van der Waals surface area (Å²) >= 11 is 0. The van der Waals surface area contributed by atoms with Crippen LogP contribution in [0.1, 0.15) is 48.9 Å². The van der Waals surface area contributed by atoms with E-state index in [1.807, 2.05) is 12.1 Å². The maximum Gasteiger partial charge on any atom is 0.342 e. The Bertz CT molecular complexity index is 1510. The molecule has 13 heteroatoms. The molecule has 4 heterocycles. The molecule has 2 aromatic heterocycles. The molecular weight excluding hydrogens is 570 g/mol. The van der Waals surface area contributed by atoms with Crippen molar-refractivity contribution in [3.05, 3.63) is 54.5 Å². The molecule has 0 spiro atoms. The van der Waals surface area contributed by atoms with E-state index in [0.717, 1.165) is 62.2 Å². The van der Waals surface area contributed by atoms with Gasteiger partial charge in [0.1, 0.15) is 11.4 Å². The summed E-state index contributed by atoms with van der Waals surface area (Å²) in [5.41, 5.74) is 2.31. The number of carbonyl (C=O) groups excluding carboxylic acids is 2. The number of fused-ring (bicyclic) bond motifs is 1. The minimum absolute atomic E-state index is 0.0533. The molecule has 1 aliphatic carbocycles. The molecule has 2 aliphatic heterocycles. The summed E-state index contributed by atoms with van der Waals surface area (Å²) in [6.07, 6.45) is 9.97. The fraction of sp³-hybridized carbons (Fsp3) is 0.452. The number of methoxy groups -OCH3 is 1. The molecule has 2 N–H and O–H groups in total. The molecule has 3 aromatic rings. The lowest BCUT2D eigenvalue weighted by Gasteiger charge is -2.33. The average molecular weight is 607 g/mol. The Morgan fingerprint density at radius 3 is 2.50 bits per heavy atom. The second kappa shape index (κ2) is 12.2. The van der Waals surface area contributed by atoms with Gasteiger partial charge in [-0.05, 0) is 56.0 Å². The third-order valence-corrected chi connectivity index (χ3v) is 8.70. The number of piperidine rings is 1. The quantitative estimate of drug-likeness (QED) is 0.404. The van der Waals surface area contributed by atoms with Crippen LogP contribution in [0.2, 0.25) is 0 Å². The molecule has 2 amide bonds. The molecule has 0 atom stereocenters. The van der Waals surface area contributed by atoms with Crippen molar-refractivity contribution in [1.82, 2.24) is 20.3 Å². The van der Waals surface area contributed by atoms with Crippen molar-refractivity contribution in [2.75, 3.05) is 53.8 Å². The van der Waals surface area contributed by atoms with Crippen LogP contribution >= 0.6 is 0 Å². The molecule has 232 valence electrons. The fourth-order valence-electron chi connectivity index (χ4n) is 6.27. The van der Waals surface area contributed by atoms with Gasteiger partial charge in [0.05, 0.1) is 25.5 Å². The second-order valence-electron chi connectivity index (χ2n) is 11.5. The van der Waals surface area contributed by atoms with Gasteiger partial charge in [-0.2, -0.15) is 13.8 Å². The molecule has 44 heavy (non-hydrogen) atoms. The lowest BCUT2D eigenvalue weighted by Crippen LogP contribution is -2.48. The summed E-state index contributed by atoms with van der Waals surface area (Å²) in [5, 5.41) is 6.25. The van der Waals surface area contributed by atoms with Gasteiger partial charge in [-0.1, -0.05) is 12.8 Å². The van der Waals surface area contributed by atoms with E-state index < -0.39 is 18.4 Å². The van der Waals surface area contributed by atoms with Crippen LogP contribution in [-0.2, 0) is 4.79 Å². The van der Waals surface area contributed by atoms with Crippen molar-refractivity contribution in [3.8, 4) is 5.75 Å². The van der Waals surface area contributed by atoms with Crippen LogP contribution in [0.5, 0.6) is 5.75 Å². The Kier molecular flexibility index (Phi) is 8.19. The van der Waals surface area contributed by atoms with Gasteiger partial charge in [-0.25, -0.2) is 4.98 Å². The predicted octanol–water partition coefficient (Wildman–Crippen LogP) is 4.38. The van der Waals surface area contributed by atoms with E-state index in [4.69, 9.17) is 4.74 Å². The highest BCUT2D eigenvalue weighted by Gasteiger charge is 2.48. The highest BCUT2D eigenvalue weighted by Crippen LogP contribution is 2.40. The summed E-state index contributed by atoms with van der Waals surface area (Å²) in [4.78, 5) is 43.5. The van der Waals surface area contributed by atoms with Crippen molar-refractivity contribution < 1.29 is 23.1 Å². The van der Waals surface area contributed by atoms with Crippen LogP contribution in [0, 0.1) is 0 Å². The lowest BCUT2D eigenvalue weighted by molar-refractivity contribution is -0.140. The summed E-state index contributed by atoms with van der Waals surface area (Å²) in [6, 6.07) is 8.92. The highest BCUT2D eigenvalue weighted by atomic mass is 19.3. The van der Waals surface area contributed by atoms with E-state index in [2.05, 4.69) is 30.5 Å². The van der Waals surface area contributed by atoms with Gasteiger partial charge in [-0.15, -0.1) is 0 Å². The van der Waals surface area contributed by atoms with E-state index in [0.29, 0.717) is 17.0 Å². The first-order valence-electron chi connectivity index (χ1n) is 14.9.